The lowest BCUT2D eigenvalue weighted by Crippen LogP contribution is -2.46. The van der Waals surface area contributed by atoms with Gasteiger partial charge in [0, 0.05) is 31.7 Å². The summed E-state index contributed by atoms with van der Waals surface area (Å²) in [6.45, 7) is 6.29. The number of hydrogen-bond donors (Lipinski definition) is 0. The Bertz CT molecular complexity index is 248. The van der Waals surface area contributed by atoms with E-state index in [0.29, 0.717) is 5.78 Å². The summed E-state index contributed by atoms with van der Waals surface area (Å²) in [4.78, 5) is 12.0. The van der Waals surface area contributed by atoms with Crippen LogP contribution in [0.3, 0.4) is 0 Å². The molecular formula is C13H22O3. The molecule has 92 valence electrons. The van der Waals surface area contributed by atoms with Gasteiger partial charge in [-0.1, -0.05) is 13.8 Å². The van der Waals surface area contributed by atoms with Crippen LogP contribution in [0.4, 0.5) is 0 Å². The van der Waals surface area contributed by atoms with Gasteiger partial charge in [0.25, 0.3) is 0 Å². The number of ketones is 1. The molecule has 0 aliphatic carbocycles. The Kier molecular flexibility index (Phi) is 3.65. The molecule has 0 amide bonds. The summed E-state index contributed by atoms with van der Waals surface area (Å²) in [5, 5.41) is 0. The summed E-state index contributed by atoms with van der Waals surface area (Å²) in [7, 11) is 0. The highest BCUT2D eigenvalue weighted by Crippen LogP contribution is 2.38. The van der Waals surface area contributed by atoms with E-state index in [1.165, 1.54) is 0 Å². The Morgan fingerprint density at radius 2 is 1.94 bits per heavy atom. The van der Waals surface area contributed by atoms with E-state index in [1.54, 1.807) is 0 Å². The Morgan fingerprint density at radius 3 is 2.56 bits per heavy atom. The van der Waals surface area contributed by atoms with Crippen molar-refractivity contribution in [3.8, 4) is 0 Å². The minimum absolute atomic E-state index is 0.0499. The number of hydrogen-bond acceptors (Lipinski definition) is 3. The molecule has 0 radical (unpaired) electrons. The molecule has 2 saturated heterocycles. The SMILES string of the molecule is CC(C)C(=O)C1CCOC2(CCOCC2)C1. The van der Waals surface area contributed by atoms with Crippen LogP contribution in [0, 0.1) is 11.8 Å². The lowest BCUT2D eigenvalue weighted by atomic mass is 9.77. The average molecular weight is 226 g/mol. The van der Waals surface area contributed by atoms with Crippen LogP contribution < -0.4 is 0 Å². The zero-order chi connectivity index (χ0) is 11.6. The molecular weight excluding hydrogens is 204 g/mol. The summed E-state index contributed by atoms with van der Waals surface area (Å²) < 4.78 is 11.3. The van der Waals surface area contributed by atoms with Crippen LogP contribution in [0.15, 0.2) is 0 Å². The highest BCUT2D eigenvalue weighted by atomic mass is 16.5. The van der Waals surface area contributed by atoms with Crippen molar-refractivity contribution in [1.82, 2.24) is 0 Å². The molecule has 0 saturated carbocycles. The van der Waals surface area contributed by atoms with E-state index >= 15 is 0 Å². The van der Waals surface area contributed by atoms with Gasteiger partial charge in [0.2, 0.25) is 0 Å². The number of rotatable bonds is 2. The van der Waals surface area contributed by atoms with Gasteiger partial charge in [-0.2, -0.15) is 0 Å². The van der Waals surface area contributed by atoms with Gasteiger partial charge in [0.15, 0.2) is 0 Å². The topological polar surface area (TPSA) is 35.5 Å². The lowest BCUT2D eigenvalue weighted by molar-refractivity contribution is -0.158. The number of carbonyl (C=O) groups excluding carboxylic acids is 1. The summed E-state index contributed by atoms with van der Waals surface area (Å²) in [5.74, 6) is 0.779. The molecule has 2 fully saturated rings. The Hall–Kier alpha value is -0.410. The van der Waals surface area contributed by atoms with Crippen molar-refractivity contribution in [3.63, 3.8) is 0 Å². The van der Waals surface area contributed by atoms with E-state index in [9.17, 15) is 4.79 Å². The maximum Gasteiger partial charge on any atom is 0.138 e. The van der Waals surface area contributed by atoms with Crippen LogP contribution in [0.5, 0.6) is 0 Å². The molecule has 1 spiro atoms. The van der Waals surface area contributed by atoms with Crippen molar-refractivity contribution in [3.05, 3.63) is 0 Å². The van der Waals surface area contributed by atoms with E-state index in [2.05, 4.69) is 0 Å². The third-order valence-corrected chi connectivity index (χ3v) is 3.87. The fourth-order valence-electron chi connectivity index (χ4n) is 2.83. The van der Waals surface area contributed by atoms with Gasteiger partial charge in [-0.3, -0.25) is 4.79 Å². The van der Waals surface area contributed by atoms with Crippen LogP contribution in [-0.4, -0.2) is 31.2 Å². The first-order chi connectivity index (χ1) is 7.63. The monoisotopic (exact) mass is 226 g/mol. The molecule has 2 rings (SSSR count). The molecule has 2 aliphatic heterocycles. The normalized spacial score (nSPS) is 29.6. The zero-order valence-corrected chi connectivity index (χ0v) is 10.3. The molecule has 0 aromatic heterocycles. The van der Waals surface area contributed by atoms with Gasteiger partial charge in [-0.25, -0.2) is 0 Å². The van der Waals surface area contributed by atoms with Crippen LogP contribution in [0.2, 0.25) is 0 Å². The third kappa shape index (κ3) is 2.46. The molecule has 2 aliphatic rings. The molecule has 3 heteroatoms. The molecule has 0 N–H and O–H groups in total. The number of Topliss-reactive ketones (excluding diaryl/α,β-unsaturated/α-hetero) is 1. The van der Waals surface area contributed by atoms with E-state index in [-0.39, 0.29) is 17.4 Å². The van der Waals surface area contributed by atoms with Crippen molar-refractivity contribution < 1.29 is 14.3 Å². The van der Waals surface area contributed by atoms with Gasteiger partial charge >= 0.3 is 0 Å². The second-order valence-electron chi connectivity index (χ2n) is 5.39. The van der Waals surface area contributed by atoms with Crippen molar-refractivity contribution in [2.45, 2.75) is 45.1 Å². The standard InChI is InChI=1S/C13H22O3/c1-10(2)12(14)11-3-6-16-13(9-11)4-7-15-8-5-13/h10-11H,3-9H2,1-2H3. The van der Waals surface area contributed by atoms with Gasteiger partial charge in [-0.05, 0) is 25.7 Å². The number of ether oxygens (including phenoxy) is 2. The first-order valence-electron chi connectivity index (χ1n) is 6.38. The van der Waals surface area contributed by atoms with E-state index in [1.807, 2.05) is 13.8 Å². The molecule has 0 aromatic carbocycles. The fraction of sp³-hybridized carbons (Fsp3) is 0.923. The molecule has 3 nitrogen and oxygen atoms in total. The molecule has 0 bridgehead atoms. The first-order valence-corrected chi connectivity index (χ1v) is 6.38. The average Bonchev–Trinajstić information content (AvgIpc) is 2.29. The minimum atomic E-state index is -0.0499. The van der Waals surface area contributed by atoms with Crippen molar-refractivity contribution >= 4 is 5.78 Å². The van der Waals surface area contributed by atoms with Gasteiger partial charge in [0.1, 0.15) is 5.78 Å². The molecule has 1 unspecified atom stereocenters. The molecule has 16 heavy (non-hydrogen) atoms. The highest BCUT2D eigenvalue weighted by Gasteiger charge is 2.41. The van der Waals surface area contributed by atoms with Gasteiger partial charge in [0.05, 0.1) is 5.60 Å². The van der Waals surface area contributed by atoms with Gasteiger partial charge in [-0.15, -0.1) is 0 Å². The highest BCUT2D eigenvalue weighted by molar-refractivity contribution is 5.82. The van der Waals surface area contributed by atoms with Crippen LogP contribution >= 0.6 is 0 Å². The van der Waals surface area contributed by atoms with E-state index in [4.69, 9.17) is 9.47 Å². The smallest absolute Gasteiger partial charge is 0.138 e. The predicted octanol–water partition coefficient (Wildman–Crippen LogP) is 2.19. The summed E-state index contributed by atoms with van der Waals surface area (Å²) >= 11 is 0. The second kappa shape index (κ2) is 4.84. The summed E-state index contributed by atoms with van der Waals surface area (Å²) in [5.41, 5.74) is -0.0499. The van der Waals surface area contributed by atoms with Crippen LogP contribution in [0.1, 0.15) is 39.5 Å². The van der Waals surface area contributed by atoms with E-state index < -0.39 is 0 Å². The van der Waals surface area contributed by atoms with Crippen LogP contribution in [0.25, 0.3) is 0 Å². The third-order valence-electron chi connectivity index (χ3n) is 3.87. The zero-order valence-electron chi connectivity index (χ0n) is 10.3. The Balaban J connectivity index is 2.00. The predicted molar refractivity (Wildman–Crippen MR) is 61.3 cm³/mol. The largest absolute Gasteiger partial charge is 0.381 e. The molecule has 2 heterocycles. The maximum absolute atomic E-state index is 12.0. The Labute approximate surface area is 97.5 Å². The van der Waals surface area contributed by atoms with Gasteiger partial charge < -0.3 is 9.47 Å². The number of carbonyl (C=O) groups is 1. The minimum Gasteiger partial charge on any atom is -0.381 e. The van der Waals surface area contributed by atoms with Crippen LogP contribution in [-0.2, 0) is 14.3 Å². The quantitative estimate of drug-likeness (QED) is 0.724. The second-order valence-corrected chi connectivity index (χ2v) is 5.39. The maximum atomic E-state index is 12.0. The lowest BCUT2D eigenvalue weighted by Gasteiger charge is -2.43. The van der Waals surface area contributed by atoms with Crippen molar-refractivity contribution in [2.24, 2.45) is 11.8 Å². The first kappa shape index (κ1) is 12.1. The van der Waals surface area contributed by atoms with E-state index in [0.717, 1.165) is 45.5 Å². The Morgan fingerprint density at radius 1 is 1.25 bits per heavy atom. The fourth-order valence-corrected chi connectivity index (χ4v) is 2.83. The van der Waals surface area contributed by atoms with Crippen molar-refractivity contribution in [2.75, 3.05) is 19.8 Å². The molecule has 0 aromatic rings. The summed E-state index contributed by atoms with van der Waals surface area (Å²) in [6.07, 6.45) is 3.72. The van der Waals surface area contributed by atoms with Crippen molar-refractivity contribution in [1.29, 1.82) is 0 Å². The molecule has 1 atom stereocenters. The summed E-state index contributed by atoms with van der Waals surface area (Å²) in [6, 6.07) is 0.